The first-order valence-electron chi connectivity index (χ1n) is 16.4. The van der Waals surface area contributed by atoms with E-state index in [4.69, 9.17) is 9.15 Å². The number of benzene rings is 7. The van der Waals surface area contributed by atoms with E-state index in [-0.39, 0.29) is 6.71 Å². The number of aryl methyl sites for hydroxylation is 1. The average Bonchev–Trinajstić information content (AvgIpc) is 3.52. The summed E-state index contributed by atoms with van der Waals surface area (Å²) in [5.74, 6) is 1.66. The van der Waals surface area contributed by atoms with Gasteiger partial charge in [0.2, 0.25) is 0 Å². The van der Waals surface area contributed by atoms with Crippen LogP contribution < -0.4 is 30.9 Å². The third kappa shape index (κ3) is 3.97. The second-order valence-electron chi connectivity index (χ2n) is 12.6. The fraction of sp³-hybridized carbons (Fsp3) is 0.0233. The molecule has 10 rings (SSSR count). The molecule has 0 N–H and O–H groups in total. The van der Waals surface area contributed by atoms with Gasteiger partial charge in [0.05, 0.1) is 0 Å². The van der Waals surface area contributed by atoms with E-state index in [1.54, 1.807) is 0 Å². The van der Waals surface area contributed by atoms with Gasteiger partial charge in [0, 0.05) is 51.0 Å². The Labute approximate surface area is 279 Å². The smallest absolute Gasteiger partial charge is 0.256 e. The molecule has 3 heterocycles. The molecular formula is C43H29BN2O2. The SMILES string of the molecule is Cc1ccc(N(c2ccccc2)c2ccc3c(c2)oc2c4c(ccc23)B2c3ccccc3N(c3ccccc3)c3cccc(c32)O4)cc1. The minimum atomic E-state index is 0.0133. The normalized spacial score (nSPS) is 12.8. The van der Waals surface area contributed by atoms with Gasteiger partial charge in [-0.15, -0.1) is 0 Å². The molecule has 4 nitrogen and oxygen atoms in total. The topological polar surface area (TPSA) is 28.9 Å². The van der Waals surface area contributed by atoms with E-state index in [1.807, 2.05) is 6.07 Å². The standard InChI is InChI=1S/C43H29BN2O2/c1-28-19-21-31(22-20-28)45(29-11-4-2-5-12-29)32-23-24-33-34-25-26-36-43(42(34)48-40(33)27-32)47-39-18-10-17-38-41(39)44(36)35-15-8-9-16-37(35)46(38)30-13-6-3-7-14-30/h2-27H,1H3. The predicted molar refractivity (Wildman–Crippen MR) is 199 cm³/mol. The zero-order chi connectivity index (χ0) is 31.8. The van der Waals surface area contributed by atoms with Crippen molar-refractivity contribution >= 4 is 79.2 Å². The first-order valence-corrected chi connectivity index (χ1v) is 16.4. The summed E-state index contributed by atoms with van der Waals surface area (Å²) in [6.07, 6.45) is 0. The van der Waals surface area contributed by atoms with Gasteiger partial charge in [0.15, 0.2) is 11.3 Å². The van der Waals surface area contributed by atoms with E-state index in [1.165, 1.54) is 22.2 Å². The summed E-state index contributed by atoms with van der Waals surface area (Å²) < 4.78 is 13.7. The lowest BCUT2D eigenvalue weighted by Crippen LogP contribution is -2.59. The van der Waals surface area contributed by atoms with Crippen LogP contribution in [0.5, 0.6) is 11.5 Å². The quantitative estimate of drug-likeness (QED) is 0.184. The van der Waals surface area contributed by atoms with Gasteiger partial charge in [-0.05, 0) is 90.0 Å². The van der Waals surface area contributed by atoms with Crippen LogP contribution in [0.4, 0.5) is 34.1 Å². The highest BCUT2D eigenvalue weighted by Gasteiger charge is 2.42. The van der Waals surface area contributed by atoms with Gasteiger partial charge >= 0.3 is 0 Å². The van der Waals surface area contributed by atoms with Gasteiger partial charge < -0.3 is 19.0 Å². The minimum Gasteiger partial charge on any atom is -0.454 e. The lowest BCUT2D eigenvalue weighted by molar-refractivity contribution is 0.481. The Hall–Kier alpha value is -6.20. The lowest BCUT2D eigenvalue weighted by Gasteiger charge is -2.39. The van der Waals surface area contributed by atoms with Crippen LogP contribution in [0.2, 0.25) is 0 Å². The van der Waals surface area contributed by atoms with Crippen LogP contribution in [0.3, 0.4) is 0 Å². The fourth-order valence-corrected chi connectivity index (χ4v) is 7.62. The summed E-state index contributed by atoms with van der Waals surface area (Å²) in [7, 11) is 0. The Bertz CT molecular complexity index is 2510. The number of ether oxygens (including phenoxy) is 1. The number of hydrogen-bond donors (Lipinski definition) is 0. The summed E-state index contributed by atoms with van der Waals surface area (Å²) >= 11 is 0. The van der Waals surface area contributed by atoms with Gasteiger partial charge in [-0.3, -0.25) is 0 Å². The second-order valence-corrected chi connectivity index (χ2v) is 12.6. The monoisotopic (exact) mass is 616 g/mol. The van der Waals surface area contributed by atoms with E-state index in [2.05, 4.69) is 168 Å². The van der Waals surface area contributed by atoms with Crippen molar-refractivity contribution in [2.45, 2.75) is 6.92 Å². The Balaban J connectivity index is 1.15. The minimum absolute atomic E-state index is 0.0133. The summed E-state index contributed by atoms with van der Waals surface area (Å²) in [5.41, 5.74) is 13.0. The fourth-order valence-electron chi connectivity index (χ4n) is 7.62. The molecule has 226 valence electrons. The lowest BCUT2D eigenvalue weighted by atomic mass is 9.34. The van der Waals surface area contributed by atoms with Crippen molar-refractivity contribution in [3.8, 4) is 11.5 Å². The Morgan fingerprint density at radius 3 is 2.08 bits per heavy atom. The number of para-hydroxylation sites is 3. The van der Waals surface area contributed by atoms with Gasteiger partial charge in [0.1, 0.15) is 11.3 Å². The molecule has 0 amide bonds. The highest BCUT2D eigenvalue weighted by molar-refractivity contribution is 6.99. The third-order valence-electron chi connectivity index (χ3n) is 9.77. The molecule has 0 saturated heterocycles. The van der Waals surface area contributed by atoms with E-state index < -0.39 is 0 Å². The molecule has 0 unspecified atom stereocenters. The van der Waals surface area contributed by atoms with E-state index in [0.29, 0.717) is 0 Å². The maximum absolute atomic E-state index is 6.86. The molecule has 2 aliphatic rings. The second kappa shape index (κ2) is 10.4. The molecule has 0 fully saturated rings. The molecule has 0 saturated carbocycles. The van der Waals surface area contributed by atoms with Crippen molar-refractivity contribution in [1.82, 2.24) is 0 Å². The van der Waals surface area contributed by atoms with Gasteiger partial charge in [-0.1, -0.05) is 90.5 Å². The van der Waals surface area contributed by atoms with Crippen molar-refractivity contribution in [2.75, 3.05) is 9.80 Å². The van der Waals surface area contributed by atoms with Crippen LogP contribution in [0.1, 0.15) is 5.56 Å². The maximum atomic E-state index is 6.86. The molecule has 0 bridgehead atoms. The zero-order valence-corrected chi connectivity index (χ0v) is 26.3. The molecular weight excluding hydrogens is 587 g/mol. The Morgan fingerprint density at radius 1 is 0.562 bits per heavy atom. The molecule has 1 aromatic heterocycles. The highest BCUT2D eigenvalue weighted by Crippen LogP contribution is 2.44. The van der Waals surface area contributed by atoms with Gasteiger partial charge in [0.25, 0.3) is 6.71 Å². The molecule has 8 aromatic rings. The van der Waals surface area contributed by atoms with Crippen molar-refractivity contribution in [2.24, 2.45) is 0 Å². The molecule has 0 aliphatic carbocycles. The largest absolute Gasteiger partial charge is 0.454 e. The average molecular weight is 617 g/mol. The van der Waals surface area contributed by atoms with E-state index in [0.717, 1.165) is 67.3 Å². The van der Waals surface area contributed by atoms with Crippen molar-refractivity contribution < 1.29 is 9.15 Å². The number of hydrogen-bond acceptors (Lipinski definition) is 4. The summed E-state index contributed by atoms with van der Waals surface area (Å²) in [6.45, 7) is 2.13. The van der Waals surface area contributed by atoms with Crippen LogP contribution in [-0.4, -0.2) is 6.71 Å². The van der Waals surface area contributed by atoms with Crippen LogP contribution in [0, 0.1) is 6.92 Å². The van der Waals surface area contributed by atoms with E-state index >= 15 is 0 Å². The predicted octanol–water partition coefficient (Wildman–Crippen LogP) is 9.77. The summed E-state index contributed by atoms with van der Waals surface area (Å²) in [4.78, 5) is 4.63. The molecule has 5 heteroatoms. The number of anilines is 6. The molecule has 0 spiro atoms. The van der Waals surface area contributed by atoms with Crippen LogP contribution in [-0.2, 0) is 0 Å². The van der Waals surface area contributed by atoms with Crippen molar-refractivity contribution in [3.63, 3.8) is 0 Å². The Morgan fingerprint density at radius 2 is 1.25 bits per heavy atom. The first kappa shape index (κ1) is 27.0. The molecule has 0 radical (unpaired) electrons. The zero-order valence-electron chi connectivity index (χ0n) is 26.3. The van der Waals surface area contributed by atoms with E-state index in [9.17, 15) is 0 Å². The van der Waals surface area contributed by atoms with Crippen LogP contribution in [0.15, 0.2) is 162 Å². The summed E-state index contributed by atoms with van der Waals surface area (Å²) in [6, 6.07) is 55.8. The number of nitrogens with zero attached hydrogens (tertiary/aromatic N) is 2. The van der Waals surface area contributed by atoms with Crippen LogP contribution in [0.25, 0.3) is 21.9 Å². The molecule has 2 aliphatic heterocycles. The number of furan rings is 1. The number of fused-ring (bicyclic) bond motifs is 8. The summed E-state index contributed by atoms with van der Waals surface area (Å²) in [5, 5.41) is 2.11. The Kier molecular flexibility index (Phi) is 5.85. The van der Waals surface area contributed by atoms with Gasteiger partial charge in [-0.25, -0.2) is 0 Å². The first-order chi connectivity index (χ1) is 23.7. The van der Waals surface area contributed by atoms with Crippen LogP contribution >= 0.6 is 0 Å². The molecule has 7 aromatic carbocycles. The highest BCUT2D eigenvalue weighted by atomic mass is 16.5. The third-order valence-corrected chi connectivity index (χ3v) is 9.77. The maximum Gasteiger partial charge on any atom is 0.256 e. The van der Waals surface area contributed by atoms with Crippen molar-refractivity contribution in [3.05, 3.63) is 163 Å². The van der Waals surface area contributed by atoms with Crippen molar-refractivity contribution in [1.29, 1.82) is 0 Å². The molecule has 0 atom stereocenters. The molecule has 48 heavy (non-hydrogen) atoms. The number of rotatable bonds is 4. The van der Waals surface area contributed by atoms with Gasteiger partial charge in [-0.2, -0.15) is 0 Å².